The number of hydrogen-bond acceptors (Lipinski definition) is 11. The summed E-state index contributed by atoms with van der Waals surface area (Å²) in [6.45, 7) is 11.3. The standard InChI is InChI=1S/C50H65N11O4/c1-55(2)50(65)44-29-36-31-52-45(53-47(36)61(44)39-5-3-4-6-39)30-38-7-8-41(32-51-38)59-25-23-57(24-26-59)22-21-56-17-13-34(14-18-56)27-35-15-19-58(20-16-35)40-9-10-42-37(28-40)33-60(49(42)64)43-11-12-46(62)54-48(43)63/h7-10,28-29,31-32,34-35,39,43H,3-6,11-27,30,33H2,1-2H3,(H,54,62,63). The summed E-state index contributed by atoms with van der Waals surface area (Å²) in [6.07, 6.45) is 15.9. The first kappa shape index (κ1) is 43.5. The van der Waals surface area contributed by atoms with E-state index in [0.717, 1.165) is 105 Å². The molecule has 5 fully saturated rings. The van der Waals surface area contributed by atoms with Crippen LogP contribution in [0.25, 0.3) is 11.0 Å². The Morgan fingerprint density at radius 2 is 1.45 bits per heavy atom. The number of anilines is 2. The fourth-order valence-corrected chi connectivity index (χ4v) is 11.5. The van der Waals surface area contributed by atoms with E-state index in [9.17, 15) is 19.2 Å². The van der Waals surface area contributed by atoms with Gasteiger partial charge < -0.3 is 29.1 Å². The van der Waals surface area contributed by atoms with Crippen molar-refractivity contribution >= 4 is 46.0 Å². The molecule has 1 atom stereocenters. The second-order valence-electron chi connectivity index (χ2n) is 19.8. The van der Waals surface area contributed by atoms with Gasteiger partial charge in [0, 0.05) is 114 Å². The van der Waals surface area contributed by atoms with Crippen LogP contribution in [-0.4, -0.2) is 148 Å². The number of amides is 4. The van der Waals surface area contributed by atoms with Gasteiger partial charge in [-0.25, -0.2) is 9.97 Å². The highest BCUT2D eigenvalue weighted by Crippen LogP contribution is 2.36. The molecule has 8 heterocycles. The second kappa shape index (κ2) is 18.8. The van der Waals surface area contributed by atoms with Gasteiger partial charge in [-0.1, -0.05) is 12.8 Å². The average Bonchev–Trinajstić information content (AvgIpc) is 4.07. The van der Waals surface area contributed by atoms with Crippen LogP contribution in [0.2, 0.25) is 0 Å². The van der Waals surface area contributed by atoms with Crippen LogP contribution in [0.15, 0.2) is 48.8 Å². The fourth-order valence-electron chi connectivity index (χ4n) is 11.5. The highest BCUT2D eigenvalue weighted by atomic mass is 16.2. The maximum Gasteiger partial charge on any atom is 0.270 e. The zero-order valence-corrected chi connectivity index (χ0v) is 38.3. The van der Waals surface area contributed by atoms with Gasteiger partial charge in [-0.2, -0.15) is 0 Å². The van der Waals surface area contributed by atoms with Crippen molar-refractivity contribution in [2.45, 2.75) is 95.7 Å². The quantitative estimate of drug-likeness (QED) is 0.189. The molecule has 1 aromatic carbocycles. The summed E-state index contributed by atoms with van der Waals surface area (Å²) in [5.74, 6) is 1.58. The molecule has 4 aromatic rings. The Morgan fingerprint density at radius 3 is 2.14 bits per heavy atom. The average molecular weight is 884 g/mol. The van der Waals surface area contributed by atoms with Gasteiger partial charge in [0.2, 0.25) is 11.8 Å². The van der Waals surface area contributed by atoms with Crippen LogP contribution in [0.5, 0.6) is 0 Å². The molecule has 1 unspecified atom stereocenters. The van der Waals surface area contributed by atoms with E-state index in [4.69, 9.17) is 9.97 Å². The van der Waals surface area contributed by atoms with E-state index in [1.54, 1.807) is 23.9 Å². The second-order valence-corrected chi connectivity index (χ2v) is 19.8. The van der Waals surface area contributed by atoms with Crippen LogP contribution in [0.1, 0.15) is 115 Å². The minimum atomic E-state index is -0.578. The summed E-state index contributed by atoms with van der Waals surface area (Å²) in [5.41, 5.74) is 6.49. The molecule has 65 heavy (non-hydrogen) atoms. The van der Waals surface area contributed by atoms with E-state index in [1.807, 2.05) is 24.5 Å². The molecule has 1 aliphatic carbocycles. The predicted molar refractivity (Wildman–Crippen MR) is 250 cm³/mol. The Bertz CT molecular complexity index is 2390. The van der Waals surface area contributed by atoms with Crippen molar-refractivity contribution in [2.24, 2.45) is 11.8 Å². The van der Waals surface area contributed by atoms with Gasteiger partial charge in [-0.15, -0.1) is 0 Å². The Kier molecular flexibility index (Phi) is 12.6. The highest BCUT2D eigenvalue weighted by Gasteiger charge is 2.39. The summed E-state index contributed by atoms with van der Waals surface area (Å²) in [6, 6.07) is 12.1. The van der Waals surface area contributed by atoms with E-state index < -0.39 is 6.04 Å². The summed E-state index contributed by atoms with van der Waals surface area (Å²) in [5, 5.41) is 3.31. The SMILES string of the molecule is CN(C)C(=O)c1cc2cnc(Cc3ccc(N4CCN(CCN5CCC(CC6CCN(c7ccc8c(c7)CN(C7CCC(=O)NC7=O)C8=O)CC6)CC5)CC4)cn3)nc2n1C1CCCC1. The largest absolute Gasteiger partial charge is 0.372 e. The highest BCUT2D eigenvalue weighted by molar-refractivity contribution is 6.05. The lowest BCUT2D eigenvalue weighted by Gasteiger charge is -2.39. The number of likely N-dealkylation sites (tertiary alicyclic amines) is 1. The first-order valence-corrected chi connectivity index (χ1v) is 24.4. The van der Waals surface area contributed by atoms with Crippen LogP contribution < -0.4 is 15.1 Å². The van der Waals surface area contributed by atoms with Gasteiger partial charge in [0.1, 0.15) is 23.2 Å². The molecule has 15 nitrogen and oxygen atoms in total. The van der Waals surface area contributed by atoms with Gasteiger partial charge in [-0.05, 0) is 118 Å². The van der Waals surface area contributed by atoms with Crippen LogP contribution >= 0.6 is 0 Å². The molecule has 1 saturated carbocycles. The van der Waals surface area contributed by atoms with Crippen LogP contribution in [-0.2, 0) is 22.6 Å². The number of imide groups is 1. The number of pyridine rings is 1. The minimum Gasteiger partial charge on any atom is -0.372 e. The first-order chi connectivity index (χ1) is 31.6. The Hall–Kier alpha value is -5.41. The molecule has 0 radical (unpaired) electrons. The van der Waals surface area contributed by atoms with Crippen molar-refractivity contribution in [1.82, 2.24) is 44.4 Å². The number of nitrogens with one attached hydrogen (secondary N) is 1. The van der Waals surface area contributed by atoms with Crippen LogP contribution in [0.3, 0.4) is 0 Å². The van der Waals surface area contributed by atoms with Gasteiger partial charge in [0.25, 0.3) is 11.8 Å². The molecule has 10 rings (SSSR count). The molecular formula is C50H65N11O4. The van der Waals surface area contributed by atoms with Gasteiger partial charge >= 0.3 is 0 Å². The van der Waals surface area contributed by atoms with Gasteiger partial charge in [-0.3, -0.25) is 34.4 Å². The Labute approximate surface area is 382 Å². The number of rotatable bonds is 12. The number of aromatic nitrogens is 4. The molecule has 0 bridgehead atoms. The molecule has 0 spiro atoms. The third-order valence-corrected chi connectivity index (χ3v) is 15.4. The lowest BCUT2D eigenvalue weighted by molar-refractivity contribution is -0.136. The maximum absolute atomic E-state index is 13.2. The Balaban J connectivity index is 0.633. The van der Waals surface area contributed by atoms with E-state index >= 15 is 0 Å². The summed E-state index contributed by atoms with van der Waals surface area (Å²) >= 11 is 0. The van der Waals surface area contributed by atoms with E-state index in [1.165, 1.54) is 69.4 Å². The van der Waals surface area contributed by atoms with E-state index in [2.05, 4.69) is 58.7 Å². The van der Waals surface area contributed by atoms with Gasteiger partial charge in [0.05, 0.1) is 18.3 Å². The summed E-state index contributed by atoms with van der Waals surface area (Å²) in [4.78, 5) is 78.5. The van der Waals surface area contributed by atoms with Crippen molar-refractivity contribution in [2.75, 3.05) is 89.3 Å². The summed E-state index contributed by atoms with van der Waals surface area (Å²) in [7, 11) is 3.61. The number of fused-ring (bicyclic) bond motifs is 2. The smallest absolute Gasteiger partial charge is 0.270 e. The number of benzene rings is 1. The normalized spacial score (nSPS) is 22.0. The predicted octanol–water partition coefficient (Wildman–Crippen LogP) is 5.14. The van der Waals surface area contributed by atoms with E-state index in [0.29, 0.717) is 36.7 Å². The molecule has 4 saturated heterocycles. The summed E-state index contributed by atoms with van der Waals surface area (Å²) < 4.78 is 2.18. The zero-order valence-electron chi connectivity index (χ0n) is 38.3. The van der Waals surface area contributed by atoms with Crippen LogP contribution in [0, 0.1) is 11.8 Å². The topological polar surface area (TPSA) is 143 Å². The van der Waals surface area contributed by atoms with Gasteiger partial charge in [0.15, 0.2) is 0 Å². The van der Waals surface area contributed by atoms with Crippen molar-refractivity contribution in [3.05, 3.63) is 77.1 Å². The molecule has 3 aromatic heterocycles. The fraction of sp³-hybridized carbons (Fsp3) is 0.580. The monoisotopic (exact) mass is 884 g/mol. The molecule has 4 amide bonds. The number of carbonyl (C=O) groups is 4. The molecule has 344 valence electrons. The first-order valence-electron chi connectivity index (χ1n) is 24.4. The van der Waals surface area contributed by atoms with Crippen molar-refractivity contribution < 1.29 is 19.2 Å². The van der Waals surface area contributed by atoms with E-state index in [-0.39, 0.29) is 30.0 Å². The third kappa shape index (κ3) is 9.36. The molecule has 15 heteroatoms. The number of carbonyl (C=O) groups excluding carboxylic acids is 4. The molecule has 6 aliphatic rings. The molecular weight excluding hydrogens is 819 g/mol. The lowest BCUT2D eigenvalue weighted by Crippen LogP contribution is -2.52. The van der Waals surface area contributed by atoms with Crippen molar-refractivity contribution in [3.63, 3.8) is 0 Å². The van der Waals surface area contributed by atoms with Crippen molar-refractivity contribution in [1.29, 1.82) is 0 Å². The number of nitrogens with zero attached hydrogens (tertiary/aromatic N) is 10. The van der Waals surface area contributed by atoms with Crippen molar-refractivity contribution in [3.8, 4) is 0 Å². The number of hydrogen-bond donors (Lipinski definition) is 1. The number of piperazine rings is 1. The molecule has 1 N–H and O–H groups in total. The van der Waals surface area contributed by atoms with Crippen LogP contribution in [0.4, 0.5) is 11.4 Å². The minimum absolute atomic E-state index is 0.00647. The maximum atomic E-state index is 13.2. The Morgan fingerprint density at radius 1 is 0.754 bits per heavy atom. The molecule has 5 aliphatic heterocycles. The number of piperidine rings is 3. The lowest BCUT2D eigenvalue weighted by atomic mass is 9.82. The zero-order chi connectivity index (χ0) is 44.6. The third-order valence-electron chi connectivity index (χ3n) is 15.4.